The highest BCUT2D eigenvalue weighted by molar-refractivity contribution is 5.79. The summed E-state index contributed by atoms with van der Waals surface area (Å²) in [5.41, 5.74) is 5.65. The van der Waals surface area contributed by atoms with Crippen LogP contribution in [0.4, 0.5) is 0 Å². The third-order valence-corrected chi connectivity index (χ3v) is 3.79. The molecule has 3 N–H and O–H groups in total. The Hall–Kier alpha value is -0.610. The maximum atomic E-state index is 11.6. The fraction of sp³-hybridized carbons (Fsp3) is 0.917. The number of amides is 1. The van der Waals surface area contributed by atoms with E-state index in [2.05, 4.69) is 10.2 Å². The summed E-state index contributed by atoms with van der Waals surface area (Å²) in [5.74, 6) is 0.144. The first kappa shape index (κ1) is 11.9. The second kappa shape index (κ2) is 5.64. The predicted octanol–water partition coefficient (Wildman–Crippen LogP) is 0.468. The lowest BCUT2D eigenvalue weighted by Crippen LogP contribution is -2.59. The number of piperazine rings is 1. The van der Waals surface area contributed by atoms with E-state index >= 15 is 0 Å². The molecular formula is C12H23N3O. The first-order valence-corrected chi connectivity index (χ1v) is 6.53. The van der Waals surface area contributed by atoms with Crippen LogP contribution < -0.4 is 11.1 Å². The first-order valence-electron chi connectivity index (χ1n) is 6.53. The molecule has 4 nitrogen and oxygen atoms in total. The van der Waals surface area contributed by atoms with Crippen molar-refractivity contribution in [2.75, 3.05) is 19.6 Å². The van der Waals surface area contributed by atoms with Gasteiger partial charge in [-0.2, -0.15) is 0 Å². The van der Waals surface area contributed by atoms with Crippen LogP contribution in [-0.4, -0.2) is 42.5 Å². The minimum absolute atomic E-state index is 0.144. The van der Waals surface area contributed by atoms with Crippen molar-refractivity contribution < 1.29 is 4.79 Å². The van der Waals surface area contributed by atoms with Gasteiger partial charge in [0.05, 0.1) is 12.6 Å². The van der Waals surface area contributed by atoms with Gasteiger partial charge in [-0.15, -0.1) is 0 Å². The van der Waals surface area contributed by atoms with Crippen LogP contribution in [0.25, 0.3) is 0 Å². The minimum atomic E-state index is 0.144. The normalized spacial score (nSPS) is 29.8. The van der Waals surface area contributed by atoms with Crippen LogP contribution in [0.2, 0.25) is 0 Å². The largest absolute Gasteiger partial charge is 0.350 e. The minimum Gasteiger partial charge on any atom is -0.350 e. The Morgan fingerprint density at radius 3 is 2.56 bits per heavy atom. The molecular weight excluding hydrogens is 202 g/mol. The number of rotatable bonds is 2. The Labute approximate surface area is 97.6 Å². The third kappa shape index (κ3) is 2.95. The molecule has 2 aliphatic rings. The third-order valence-electron chi connectivity index (χ3n) is 3.79. The molecule has 0 aromatic heterocycles. The lowest BCUT2D eigenvalue weighted by Gasteiger charge is -2.37. The molecule has 2 rings (SSSR count). The highest BCUT2D eigenvalue weighted by atomic mass is 16.2. The molecule has 1 saturated heterocycles. The number of nitrogens with two attached hydrogens (primary N) is 1. The molecule has 2 fully saturated rings. The monoisotopic (exact) mass is 225 g/mol. The van der Waals surface area contributed by atoms with Crippen molar-refractivity contribution in [2.45, 2.75) is 50.6 Å². The molecule has 0 radical (unpaired) electrons. The molecule has 16 heavy (non-hydrogen) atoms. The Kier molecular flexibility index (Phi) is 4.18. The van der Waals surface area contributed by atoms with E-state index in [1.807, 2.05) is 0 Å². The quantitative estimate of drug-likeness (QED) is 0.672. The van der Waals surface area contributed by atoms with Crippen molar-refractivity contribution in [3.8, 4) is 0 Å². The molecule has 92 valence electrons. The van der Waals surface area contributed by atoms with E-state index < -0.39 is 0 Å². The van der Waals surface area contributed by atoms with Crippen molar-refractivity contribution in [1.29, 1.82) is 0 Å². The van der Waals surface area contributed by atoms with Gasteiger partial charge in [-0.05, 0) is 12.8 Å². The van der Waals surface area contributed by atoms with Crippen molar-refractivity contribution in [1.82, 2.24) is 10.2 Å². The zero-order chi connectivity index (χ0) is 11.4. The fourth-order valence-corrected chi connectivity index (χ4v) is 2.89. The van der Waals surface area contributed by atoms with E-state index in [4.69, 9.17) is 5.73 Å². The molecule has 4 heteroatoms. The van der Waals surface area contributed by atoms with Gasteiger partial charge in [0.1, 0.15) is 0 Å². The van der Waals surface area contributed by atoms with Gasteiger partial charge in [0, 0.05) is 19.1 Å². The maximum Gasteiger partial charge on any atom is 0.234 e. The van der Waals surface area contributed by atoms with Gasteiger partial charge >= 0.3 is 0 Å². The SMILES string of the molecule is NCC1CN(C2CCCCCC2)CC(=O)N1. The molecule has 1 heterocycles. The molecule has 1 aliphatic heterocycles. The Bertz CT molecular complexity index is 236. The number of nitrogens with zero attached hydrogens (tertiary/aromatic N) is 1. The summed E-state index contributed by atoms with van der Waals surface area (Å²) < 4.78 is 0. The van der Waals surface area contributed by atoms with Crippen LogP contribution >= 0.6 is 0 Å². The lowest BCUT2D eigenvalue weighted by molar-refractivity contribution is -0.126. The lowest BCUT2D eigenvalue weighted by atomic mass is 10.0. The van der Waals surface area contributed by atoms with E-state index in [9.17, 15) is 4.79 Å². The summed E-state index contributed by atoms with van der Waals surface area (Å²) in [7, 11) is 0. The highest BCUT2D eigenvalue weighted by Gasteiger charge is 2.28. The van der Waals surface area contributed by atoms with Gasteiger partial charge in [0.25, 0.3) is 0 Å². The average Bonchev–Trinajstić information content (AvgIpc) is 2.56. The molecule has 1 unspecified atom stereocenters. The van der Waals surface area contributed by atoms with Crippen LogP contribution in [-0.2, 0) is 4.79 Å². The zero-order valence-electron chi connectivity index (χ0n) is 9.95. The number of nitrogens with one attached hydrogen (secondary N) is 1. The smallest absolute Gasteiger partial charge is 0.234 e. The Morgan fingerprint density at radius 1 is 1.25 bits per heavy atom. The standard InChI is InChI=1S/C12H23N3O/c13-7-10-8-15(9-12(16)14-10)11-5-3-1-2-4-6-11/h10-11H,1-9,13H2,(H,14,16). The molecule has 0 bridgehead atoms. The van der Waals surface area contributed by atoms with E-state index in [0.29, 0.717) is 19.1 Å². The summed E-state index contributed by atoms with van der Waals surface area (Å²) in [6.45, 7) is 2.06. The number of carbonyl (C=O) groups is 1. The molecule has 1 atom stereocenters. The van der Waals surface area contributed by atoms with Gasteiger partial charge < -0.3 is 11.1 Å². The van der Waals surface area contributed by atoms with E-state index in [1.165, 1.54) is 38.5 Å². The Morgan fingerprint density at radius 2 is 1.94 bits per heavy atom. The van der Waals surface area contributed by atoms with Gasteiger partial charge in [-0.25, -0.2) is 0 Å². The molecule has 1 amide bonds. The second-order valence-corrected chi connectivity index (χ2v) is 5.07. The van der Waals surface area contributed by atoms with Crippen LogP contribution in [0.1, 0.15) is 38.5 Å². The molecule has 0 aromatic rings. The first-order chi connectivity index (χ1) is 7.79. The summed E-state index contributed by atoms with van der Waals surface area (Å²) in [5, 5.41) is 2.95. The van der Waals surface area contributed by atoms with Crippen molar-refractivity contribution >= 4 is 5.91 Å². The Balaban J connectivity index is 1.93. The van der Waals surface area contributed by atoms with Crippen molar-refractivity contribution in [3.63, 3.8) is 0 Å². The van der Waals surface area contributed by atoms with Crippen LogP contribution in [0.3, 0.4) is 0 Å². The van der Waals surface area contributed by atoms with Gasteiger partial charge in [-0.3, -0.25) is 9.69 Å². The fourth-order valence-electron chi connectivity index (χ4n) is 2.89. The predicted molar refractivity (Wildman–Crippen MR) is 64.0 cm³/mol. The number of carbonyl (C=O) groups excluding carboxylic acids is 1. The molecule has 1 aliphatic carbocycles. The summed E-state index contributed by atoms with van der Waals surface area (Å²) >= 11 is 0. The van der Waals surface area contributed by atoms with Gasteiger partial charge in [0.15, 0.2) is 0 Å². The van der Waals surface area contributed by atoms with Gasteiger partial charge in [0.2, 0.25) is 5.91 Å². The second-order valence-electron chi connectivity index (χ2n) is 5.07. The summed E-state index contributed by atoms with van der Waals surface area (Å²) in [4.78, 5) is 13.9. The summed E-state index contributed by atoms with van der Waals surface area (Å²) in [6.07, 6.45) is 7.86. The van der Waals surface area contributed by atoms with E-state index in [1.54, 1.807) is 0 Å². The molecule has 1 saturated carbocycles. The summed E-state index contributed by atoms with van der Waals surface area (Å²) in [6, 6.07) is 0.770. The topological polar surface area (TPSA) is 58.4 Å². The van der Waals surface area contributed by atoms with Gasteiger partial charge in [-0.1, -0.05) is 25.7 Å². The molecule has 0 aromatic carbocycles. The maximum absolute atomic E-state index is 11.6. The molecule has 0 spiro atoms. The number of hydrogen-bond donors (Lipinski definition) is 2. The van der Waals surface area contributed by atoms with Crippen LogP contribution in [0.5, 0.6) is 0 Å². The van der Waals surface area contributed by atoms with Crippen molar-refractivity contribution in [3.05, 3.63) is 0 Å². The average molecular weight is 225 g/mol. The van der Waals surface area contributed by atoms with Crippen LogP contribution in [0, 0.1) is 0 Å². The number of hydrogen-bond acceptors (Lipinski definition) is 3. The van der Waals surface area contributed by atoms with Crippen molar-refractivity contribution in [2.24, 2.45) is 5.73 Å². The zero-order valence-corrected chi connectivity index (χ0v) is 9.95. The van der Waals surface area contributed by atoms with E-state index in [-0.39, 0.29) is 11.9 Å². The highest BCUT2D eigenvalue weighted by Crippen LogP contribution is 2.22. The van der Waals surface area contributed by atoms with E-state index in [0.717, 1.165) is 6.54 Å². The van der Waals surface area contributed by atoms with Crippen LogP contribution in [0.15, 0.2) is 0 Å².